The fraction of sp³-hybridized carbons (Fsp3) is 0.207. The first-order valence-corrected chi connectivity index (χ1v) is 12.8. The highest BCUT2D eigenvalue weighted by Crippen LogP contribution is 2.50. The minimum Gasteiger partial charge on any atom is -0.268 e. The van der Waals surface area contributed by atoms with Crippen LogP contribution < -0.4 is 11.0 Å². The summed E-state index contributed by atoms with van der Waals surface area (Å²) in [4.78, 5) is 19.4. The fourth-order valence-corrected chi connectivity index (χ4v) is 5.90. The number of benzene rings is 3. The Morgan fingerprint density at radius 2 is 1.66 bits per heavy atom. The van der Waals surface area contributed by atoms with Crippen molar-refractivity contribution in [2.75, 3.05) is 5.43 Å². The van der Waals surface area contributed by atoms with Crippen molar-refractivity contribution in [1.29, 1.82) is 0 Å². The Bertz CT molecular complexity index is 1470. The Morgan fingerprint density at radius 1 is 0.943 bits per heavy atom. The lowest BCUT2D eigenvalue weighted by molar-refractivity contribution is 0.425. The summed E-state index contributed by atoms with van der Waals surface area (Å²) in [5, 5.41) is 4.45. The number of hydrogen-bond acceptors (Lipinski definition) is 4. The van der Waals surface area contributed by atoms with Gasteiger partial charge in [-0.1, -0.05) is 83.4 Å². The van der Waals surface area contributed by atoms with Crippen LogP contribution in [0.25, 0.3) is 16.9 Å². The molecule has 0 atom stereocenters. The molecular formula is C29H25BrN4O. The van der Waals surface area contributed by atoms with E-state index in [1.165, 1.54) is 5.56 Å². The van der Waals surface area contributed by atoms with Crippen LogP contribution in [0.15, 0.2) is 93.2 Å². The van der Waals surface area contributed by atoms with E-state index in [4.69, 9.17) is 4.98 Å². The van der Waals surface area contributed by atoms with Crippen molar-refractivity contribution in [3.63, 3.8) is 0 Å². The molecule has 1 fully saturated rings. The van der Waals surface area contributed by atoms with Gasteiger partial charge in [0.2, 0.25) is 5.95 Å². The van der Waals surface area contributed by atoms with E-state index in [9.17, 15) is 4.79 Å². The number of para-hydroxylation sites is 1. The van der Waals surface area contributed by atoms with E-state index >= 15 is 0 Å². The number of hydrazone groups is 1. The molecule has 4 aromatic rings. The lowest BCUT2D eigenvalue weighted by Crippen LogP contribution is -2.40. The van der Waals surface area contributed by atoms with Gasteiger partial charge in [-0.05, 0) is 54.7 Å². The number of nitrogens with zero attached hydrogens (tertiary/aromatic N) is 3. The third-order valence-corrected chi connectivity index (χ3v) is 7.77. The van der Waals surface area contributed by atoms with Crippen LogP contribution in [-0.2, 0) is 11.8 Å². The monoisotopic (exact) mass is 524 g/mol. The molecular weight excluding hydrogens is 500 g/mol. The molecule has 174 valence electrons. The van der Waals surface area contributed by atoms with Crippen molar-refractivity contribution in [2.45, 2.75) is 37.5 Å². The van der Waals surface area contributed by atoms with Gasteiger partial charge in [-0.2, -0.15) is 5.10 Å². The molecule has 35 heavy (non-hydrogen) atoms. The van der Waals surface area contributed by atoms with Crippen molar-refractivity contribution in [3.05, 3.63) is 110 Å². The largest absolute Gasteiger partial charge is 0.268 e. The maximum absolute atomic E-state index is 14.3. The zero-order valence-corrected chi connectivity index (χ0v) is 20.8. The minimum atomic E-state index is -0.149. The topological polar surface area (TPSA) is 59.3 Å². The summed E-state index contributed by atoms with van der Waals surface area (Å²) in [7, 11) is 0. The molecule has 5 nitrogen and oxygen atoms in total. The number of aromatic nitrogens is 2. The number of hydrogen-bond donors (Lipinski definition) is 1. The van der Waals surface area contributed by atoms with Crippen LogP contribution in [0.5, 0.6) is 0 Å². The first kappa shape index (κ1) is 22.0. The third-order valence-electron chi connectivity index (χ3n) is 7.24. The molecule has 0 amide bonds. The Hall–Kier alpha value is -3.51. The Balaban J connectivity index is 1.54. The molecule has 1 heterocycles. The fourth-order valence-electron chi connectivity index (χ4n) is 5.64. The molecule has 1 saturated carbocycles. The highest BCUT2D eigenvalue weighted by molar-refractivity contribution is 9.10. The average molecular weight is 525 g/mol. The minimum absolute atomic E-state index is 0.000977. The van der Waals surface area contributed by atoms with Crippen LogP contribution in [0.2, 0.25) is 0 Å². The van der Waals surface area contributed by atoms with Crippen LogP contribution in [0.4, 0.5) is 5.95 Å². The number of halogens is 1. The second kappa shape index (κ2) is 8.93. The molecule has 6 rings (SSSR count). The van der Waals surface area contributed by atoms with Crippen LogP contribution in [0.1, 0.15) is 42.4 Å². The smallest absolute Gasteiger partial charge is 0.263 e. The van der Waals surface area contributed by atoms with Crippen molar-refractivity contribution < 1.29 is 0 Å². The number of fused-ring (bicyclic) bond motifs is 4. The van der Waals surface area contributed by atoms with Crippen LogP contribution >= 0.6 is 15.9 Å². The Kier molecular flexibility index (Phi) is 5.61. The molecule has 3 aromatic carbocycles. The Labute approximate surface area is 212 Å². The van der Waals surface area contributed by atoms with Gasteiger partial charge in [0.1, 0.15) is 0 Å². The maximum atomic E-state index is 14.3. The van der Waals surface area contributed by atoms with Crippen molar-refractivity contribution >= 4 is 28.1 Å². The van der Waals surface area contributed by atoms with Gasteiger partial charge in [-0.25, -0.2) is 15.0 Å². The lowest BCUT2D eigenvalue weighted by Gasteiger charge is -2.36. The average Bonchev–Trinajstić information content (AvgIpc) is 3.34. The summed E-state index contributed by atoms with van der Waals surface area (Å²) in [6.45, 7) is 0. The molecule has 0 unspecified atom stereocenters. The first-order valence-electron chi connectivity index (χ1n) is 12.0. The van der Waals surface area contributed by atoms with Crippen LogP contribution in [0.3, 0.4) is 0 Å². The van der Waals surface area contributed by atoms with Gasteiger partial charge in [-0.15, -0.1) is 0 Å². The molecule has 1 N–H and O–H groups in total. The highest BCUT2D eigenvalue weighted by Gasteiger charge is 2.44. The molecule has 0 aliphatic heterocycles. The van der Waals surface area contributed by atoms with E-state index in [1.54, 1.807) is 10.8 Å². The maximum Gasteiger partial charge on any atom is 0.263 e. The van der Waals surface area contributed by atoms with Crippen LogP contribution in [-0.4, -0.2) is 15.8 Å². The van der Waals surface area contributed by atoms with Gasteiger partial charge in [0.25, 0.3) is 5.56 Å². The standard InChI is InChI=1S/C29H25BrN4O/c30-22-14-12-20(13-15-22)19-31-33-28-32-26-24-11-5-4-8-21(24)18-29(16-6-7-17-29)25(26)27(35)34(28)23-9-2-1-3-10-23/h1-5,8-15,19H,6-7,16-18H2,(H,32,33)/b31-19-. The summed E-state index contributed by atoms with van der Waals surface area (Å²) in [5.41, 5.74) is 8.65. The number of rotatable bonds is 4. The van der Waals surface area contributed by atoms with Gasteiger partial charge in [0.05, 0.1) is 23.2 Å². The molecule has 0 radical (unpaired) electrons. The molecule has 1 spiro atoms. The molecule has 1 aromatic heterocycles. The normalized spacial score (nSPS) is 15.8. The predicted octanol–water partition coefficient (Wildman–Crippen LogP) is 6.48. The zero-order chi connectivity index (χ0) is 23.8. The summed E-state index contributed by atoms with van der Waals surface area (Å²) < 4.78 is 2.70. The van der Waals surface area contributed by atoms with Gasteiger partial charge < -0.3 is 0 Å². The van der Waals surface area contributed by atoms with E-state index in [-0.39, 0.29) is 11.0 Å². The van der Waals surface area contributed by atoms with Crippen molar-refractivity contribution in [1.82, 2.24) is 9.55 Å². The molecule has 0 saturated heterocycles. The summed E-state index contributed by atoms with van der Waals surface area (Å²) in [6, 6.07) is 26.0. The van der Waals surface area contributed by atoms with E-state index in [1.807, 2.05) is 60.7 Å². The Morgan fingerprint density at radius 3 is 2.43 bits per heavy atom. The summed E-state index contributed by atoms with van der Waals surface area (Å²) in [5.74, 6) is 0.415. The summed E-state index contributed by atoms with van der Waals surface area (Å²) in [6.07, 6.45) is 6.97. The molecule has 2 aliphatic rings. The predicted molar refractivity (Wildman–Crippen MR) is 144 cm³/mol. The van der Waals surface area contributed by atoms with Gasteiger partial charge in [0.15, 0.2) is 0 Å². The van der Waals surface area contributed by atoms with Crippen LogP contribution in [0, 0.1) is 0 Å². The van der Waals surface area contributed by atoms with E-state index < -0.39 is 0 Å². The van der Waals surface area contributed by atoms with Crippen molar-refractivity contribution in [2.24, 2.45) is 5.10 Å². The van der Waals surface area contributed by atoms with Crippen molar-refractivity contribution in [3.8, 4) is 16.9 Å². The van der Waals surface area contributed by atoms with E-state index in [0.29, 0.717) is 5.95 Å². The van der Waals surface area contributed by atoms with Gasteiger partial charge in [-0.3, -0.25) is 4.79 Å². The zero-order valence-electron chi connectivity index (χ0n) is 19.2. The molecule has 6 heteroatoms. The van der Waals surface area contributed by atoms with Gasteiger partial charge in [0, 0.05) is 15.5 Å². The highest BCUT2D eigenvalue weighted by atomic mass is 79.9. The SMILES string of the molecule is O=c1c2c(nc(N/N=C\c3ccc(Br)cc3)n1-c1ccccc1)-c1ccccc1CC21CCCC1. The molecule has 2 aliphatic carbocycles. The molecule has 0 bridgehead atoms. The lowest BCUT2D eigenvalue weighted by atomic mass is 9.68. The second-order valence-corrected chi connectivity index (χ2v) is 10.3. The first-order chi connectivity index (χ1) is 17.1. The quantitative estimate of drug-likeness (QED) is 0.245. The van der Waals surface area contributed by atoms with E-state index in [0.717, 1.165) is 64.6 Å². The van der Waals surface area contributed by atoms with Gasteiger partial charge >= 0.3 is 0 Å². The second-order valence-electron chi connectivity index (χ2n) is 9.38. The van der Waals surface area contributed by atoms with E-state index in [2.05, 4.69) is 44.7 Å². The third kappa shape index (κ3) is 3.92. The summed E-state index contributed by atoms with van der Waals surface area (Å²) >= 11 is 3.46. The number of anilines is 1. The number of nitrogens with one attached hydrogen (secondary N) is 1.